The summed E-state index contributed by atoms with van der Waals surface area (Å²) in [5.74, 6) is -0.0929. The molecule has 0 saturated carbocycles. The molecule has 2 aromatic carbocycles. The van der Waals surface area contributed by atoms with Gasteiger partial charge in [0.1, 0.15) is 5.82 Å². The highest BCUT2D eigenvalue weighted by Crippen LogP contribution is 2.30. The van der Waals surface area contributed by atoms with Gasteiger partial charge in [0.15, 0.2) is 0 Å². The fraction of sp³-hybridized carbons (Fsp3) is 0.125. The van der Waals surface area contributed by atoms with E-state index in [4.69, 9.17) is 0 Å². The molecule has 0 saturated heterocycles. The Balaban J connectivity index is 2.18. The summed E-state index contributed by atoms with van der Waals surface area (Å²) in [6.07, 6.45) is 5.90. The van der Waals surface area contributed by atoms with Crippen LogP contribution in [0.2, 0.25) is 0 Å². The van der Waals surface area contributed by atoms with Crippen LogP contribution in [0.3, 0.4) is 0 Å². The van der Waals surface area contributed by atoms with E-state index in [0.29, 0.717) is 5.56 Å². The third-order valence-electron chi connectivity index (χ3n) is 3.22. The summed E-state index contributed by atoms with van der Waals surface area (Å²) in [6.45, 7) is 0. The third-order valence-corrected chi connectivity index (χ3v) is 3.22. The maximum absolute atomic E-state index is 14.4. The van der Waals surface area contributed by atoms with Crippen molar-refractivity contribution in [3.05, 3.63) is 65.5 Å². The number of aryl methyl sites for hydroxylation is 1. The van der Waals surface area contributed by atoms with E-state index >= 15 is 0 Å². The first-order chi connectivity index (χ1) is 8.36. The summed E-state index contributed by atoms with van der Waals surface area (Å²) >= 11 is 0. The fourth-order valence-electron chi connectivity index (χ4n) is 2.31. The summed E-state index contributed by atoms with van der Waals surface area (Å²) < 4.78 is 14.4. The summed E-state index contributed by atoms with van der Waals surface area (Å²) in [7, 11) is 0. The lowest BCUT2D eigenvalue weighted by Crippen LogP contribution is -1.99. The first-order valence-electron chi connectivity index (χ1n) is 5.89. The fourth-order valence-corrected chi connectivity index (χ4v) is 2.31. The zero-order valence-corrected chi connectivity index (χ0v) is 9.49. The van der Waals surface area contributed by atoms with Gasteiger partial charge in [-0.25, -0.2) is 4.39 Å². The highest BCUT2D eigenvalue weighted by molar-refractivity contribution is 5.70. The average Bonchev–Trinajstić information content (AvgIpc) is 2.40. The molecule has 0 nitrogen and oxygen atoms in total. The number of benzene rings is 2. The monoisotopic (exact) mass is 224 g/mol. The number of rotatable bonds is 1. The molecule has 0 radical (unpaired) electrons. The summed E-state index contributed by atoms with van der Waals surface area (Å²) in [6, 6.07) is 13.6. The average molecular weight is 224 g/mol. The van der Waals surface area contributed by atoms with E-state index in [9.17, 15) is 4.39 Å². The van der Waals surface area contributed by atoms with Crippen molar-refractivity contribution in [2.24, 2.45) is 0 Å². The molecule has 3 rings (SSSR count). The van der Waals surface area contributed by atoms with Gasteiger partial charge in [0.05, 0.1) is 0 Å². The zero-order valence-electron chi connectivity index (χ0n) is 9.49. The second kappa shape index (κ2) is 4.17. The van der Waals surface area contributed by atoms with E-state index in [1.54, 1.807) is 0 Å². The van der Waals surface area contributed by atoms with Crippen molar-refractivity contribution in [2.75, 3.05) is 0 Å². The molecule has 1 heteroatoms. The number of allylic oxidation sites excluding steroid dienone is 1. The molecule has 0 unspecified atom stereocenters. The Morgan fingerprint density at radius 3 is 2.59 bits per heavy atom. The van der Waals surface area contributed by atoms with Crippen LogP contribution < -0.4 is 0 Å². The molecule has 0 amide bonds. The van der Waals surface area contributed by atoms with Crippen LogP contribution in [0.4, 0.5) is 4.39 Å². The molecule has 84 valence electrons. The molecule has 0 fully saturated rings. The van der Waals surface area contributed by atoms with Gasteiger partial charge < -0.3 is 0 Å². The van der Waals surface area contributed by atoms with Crippen molar-refractivity contribution >= 4 is 6.08 Å². The van der Waals surface area contributed by atoms with Crippen molar-refractivity contribution in [3.8, 4) is 11.1 Å². The van der Waals surface area contributed by atoms with Gasteiger partial charge in [0.2, 0.25) is 0 Å². The number of hydrogen-bond donors (Lipinski definition) is 0. The Morgan fingerprint density at radius 2 is 1.76 bits per heavy atom. The molecule has 1 aliphatic rings. The quantitative estimate of drug-likeness (QED) is 0.671. The van der Waals surface area contributed by atoms with Crippen LogP contribution in [-0.2, 0) is 6.42 Å². The van der Waals surface area contributed by atoms with Crippen LogP contribution in [0.15, 0.2) is 48.5 Å². The van der Waals surface area contributed by atoms with Crippen LogP contribution >= 0.6 is 0 Å². The van der Waals surface area contributed by atoms with E-state index in [2.05, 4.69) is 0 Å². The molecule has 0 heterocycles. The van der Waals surface area contributed by atoms with Crippen molar-refractivity contribution in [1.82, 2.24) is 0 Å². The van der Waals surface area contributed by atoms with Gasteiger partial charge in [-0.2, -0.15) is 0 Å². The molecule has 2 aromatic rings. The second-order valence-electron chi connectivity index (χ2n) is 4.31. The third kappa shape index (κ3) is 1.78. The molecular weight excluding hydrogens is 211 g/mol. The molecular formula is C16H13F. The highest BCUT2D eigenvalue weighted by atomic mass is 19.1. The molecule has 0 N–H and O–H groups in total. The Labute approximate surface area is 100 Å². The lowest BCUT2D eigenvalue weighted by molar-refractivity contribution is 0.625. The molecule has 0 spiro atoms. The summed E-state index contributed by atoms with van der Waals surface area (Å²) in [4.78, 5) is 0. The maximum Gasteiger partial charge on any atom is 0.138 e. The Hall–Kier alpha value is -1.89. The molecule has 0 aromatic heterocycles. The van der Waals surface area contributed by atoms with E-state index in [0.717, 1.165) is 29.5 Å². The first kappa shape index (κ1) is 10.3. The number of hydrogen-bond acceptors (Lipinski definition) is 0. The lowest BCUT2D eigenvalue weighted by atomic mass is 9.92. The number of halogens is 1. The molecule has 0 atom stereocenters. The zero-order chi connectivity index (χ0) is 11.7. The van der Waals surface area contributed by atoms with Crippen LogP contribution in [-0.4, -0.2) is 0 Å². The van der Waals surface area contributed by atoms with Gasteiger partial charge in [-0.05, 0) is 24.0 Å². The van der Waals surface area contributed by atoms with E-state index < -0.39 is 0 Å². The first-order valence-corrected chi connectivity index (χ1v) is 5.89. The summed E-state index contributed by atoms with van der Waals surface area (Å²) in [5.41, 5.74) is 3.50. The molecule has 1 aliphatic carbocycles. The summed E-state index contributed by atoms with van der Waals surface area (Å²) in [5, 5.41) is 0. The van der Waals surface area contributed by atoms with Crippen molar-refractivity contribution in [3.63, 3.8) is 0 Å². The predicted octanol–water partition coefficient (Wildman–Crippen LogP) is 4.45. The van der Waals surface area contributed by atoms with Crippen molar-refractivity contribution < 1.29 is 4.39 Å². The molecule has 17 heavy (non-hydrogen) atoms. The van der Waals surface area contributed by atoms with Crippen LogP contribution in [0.5, 0.6) is 0 Å². The SMILES string of the molecule is Fc1c(-c2ccccc2)ccc2c1C=CCC2. The van der Waals surface area contributed by atoms with Gasteiger partial charge in [0.25, 0.3) is 0 Å². The minimum absolute atomic E-state index is 0.0929. The Kier molecular flexibility index (Phi) is 2.52. The largest absolute Gasteiger partial charge is 0.206 e. The van der Waals surface area contributed by atoms with E-state index in [1.165, 1.54) is 0 Å². The minimum Gasteiger partial charge on any atom is -0.206 e. The standard InChI is InChI=1S/C16H13F/c17-16-14-9-5-4-8-13(14)10-11-15(16)12-6-2-1-3-7-12/h1-3,5-7,9-11H,4,8H2. The Bertz CT molecular complexity index is 568. The highest BCUT2D eigenvalue weighted by Gasteiger charge is 2.14. The van der Waals surface area contributed by atoms with E-state index in [-0.39, 0.29) is 5.82 Å². The normalized spacial score (nSPS) is 13.5. The van der Waals surface area contributed by atoms with Crippen molar-refractivity contribution in [2.45, 2.75) is 12.8 Å². The van der Waals surface area contributed by atoms with Crippen LogP contribution in [0.25, 0.3) is 17.2 Å². The van der Waals surface area contributed by atoms with Gasteiger partial charge in [-0.1, -0.05) is 54.6 Å². The molecule has 0 aliphatic heterocycles. The van der Waals surface area contributed by atoms with Gasteiger partial charge in [-0.3, -0.25) is 0 Å². The predicted molar refractivity (Wildman–Crippen MR) is 69.2 cm³/mol. The van der Waals surface area contributed by atoms with Crippen LogP contribution in [0.1, 0.15) is 17.5 Å². The number of fused-ring (bicyclic) bond motifs is 1. The van der Waals surface area contributed by atoms with Gasteiger partial charge in [-0.15, -0.1) is 0 Å². The topological polar surface area (TPSA) is 0 Å². The second-order valence-corrected chi connectivity index (χ2v) is 4.31. The van der Waals surface area contributed by atoms with Crippen LogP contribution in [0, 0.1) is 5.82 Å². The minimum atomic E-state index is -0.0929. The van der Waals surface area contributed by atoms with Gasteiger partial charge in [0, 0.05) is 11.1 Å². The van der Waals surface area contributed by atoms with E-state index in [1.807, 2.05) is 54.6 Å². The lowest BCUT2D eigenvalue weighted by Gasteiger charge is -2.14. The van der Waals surface area contributed by atoms with Crippen molar-refractivity contribution in [1.29, 1.82) is 0 Å². The van der Waals surface area contributed by atoms with Gasteiger partial charge >= 0.3 is 0 Å². The molecule has 0 bridgehead atoms. The smallest absolute Gasteiger partial charge is 0.138 e. The maximum atomic E-state index is 14.4. The Morgan fingerprint density at radius 1 is 0.941 bits per heavy atom.